The van der Waals surface area contributed by atoms with E-state index < -0.39 is 5.82 Å². The highest BCUT2D eigenvalue weighted by atomic mass is 35.5. The minimum absolute atomic E-state index is 0.0628. The molecule has 4 rings (SSSR count). The third kappa shape index (κ3) is 3.14. The lowest BCUT2D eigenvalue weighted by Gasteiger charge is -2.09. The highest BCUT2D eigenvalue weighted by molar-refractivity contribution is 6.31. The van der Waals surface area contributed by atoms with E-state index in [1.807, 2.05) is 22.7 Å². The first kappa shape index (κ1) is 16.2. The van der Waals surface area contributed by atoms with Crippen molar-refractivity contribution in [2.75, 3.05) is 11.1 Å². The molecule has 0 bridgehead atoms. The SMILES string of the molecule is Nc1nc(NCc2cccc(F)c2Cl)nc(-c2ccc3cncn3c2)n1. The van der Waals surface area contributed by atoms with Crippen LogP contribution in [0.2, 0.25) is 5.02 Å². The molecule has 0 unspecified atom stereocenters. The van der Waals surface area contributed by atoms with E-state index in [0.717, 1.165) is 11.1 Å². The summed E-state index contributed by atoms with van der Waals surface area (Å²) in [5.41, 5.74) is 8.11. The summed E-state index contributed by atoms with van der Waals surface area (Å²) < 4.78 is 15.4. The second-order valence-corrected chi connectivity index (χ2v) is 5.93. The van der Waals surface area contributed by atoms with E-state index in [0.29, 0.717) is 11.4 Å². The van der Waals surface area contributed by atoms with E-state index in [4.69, 9.17) is 17.3 Å². The number of rotatable bonds is 4. The molecule has 0 spiro atoms. The van der Waals surface area contributed by atoms with Gasteiger partial charge < -0.3 is 15.5 Å². The van der Waals surface area contributed by atoms with E-state index in [1.165, 1.54) is 6.07 Å². The predicted octanol–water partition coefficient (Wildman–Crippen LogP) is 3.17. The minimum atomic E-state index is -0.476. The lowest BCUT2D eigenvalue weighted by molar-refractivity contribution is 0.626. The van der Waals surface area contributed by atoms with Gasteiger partial charge in [-0.2, -0.15) is 15.0 Å². The topological polar surface area (TPSA) is 94.0 Å². The molecule has 0 fully saturated rings. The van der Waals surface area contributed by atoms with Crippen molar-refractivity contribution < 1.29 is 4.39 Å². The summed E-state index contributed by atoms with van der Waals surface area (Å²) in [6, 6.07) is 8.39. The summed E-state index contributed by atoms with van der Waals surface area (Å²) in [4.78, 5) is 16.7. The number of nitrogens with zero attached hydrogens (tertiary/aromatic N) is 5. The number of pyridine rings is 1. The molecule has 0 saturated heterocycles. The number of nitrogens with two attached hydrogens (primary N) is 1. The van der Waals surface area contributed by atoms with Gasteiger partial charge in [0.15, 0.2) is 5.82 Å². The molecule has 0 amide bonds. The minimum Gasteiger partial charge on any atom is -0.368 e. The normalized spacial score (nSPS) is 11.0. The molecule has 26 heavy (non-hydrogen) atoms. The van der Waals surface area contributed by atoms with Crippen LogP contribution in [-0.2, 0) is 6.54 Å². The van der Waals surface area contributed by atoms with E-state index in [-0.39, 0.29) is 23.5 Å². The van der Waals surface area contributed by atoms with Crippen molar-refractivity contribution in [1.29, 1.82) is 0 Å². The van der Waals surface area contributed by atoms with Crippen LogP contribution in [0.3, 0.4) is 0 Å². The van der Waals surface area contributed by atoms with Gasteiger partial charge in [0.25, 0.3) is 0 Å². The fourth-order valence-electron chi connectivity index (χ4n) is 2.51. The Labute approximate surface area is 152 Å². The molecule has 3 N–H and O–H groups in total. The second-order valence-electron chi connectivity index (χ2n) is 5.55. The Morgan fingerprint density at radius 2 is 2.04 bits per heavy atom. The zero-order valence-corrected chi connectivity index (χ0v) is 14.2. The third-order valence-electron chi connectivity index (χ3n) is 3.79. The van der Waals surface area contributed by atoms with Crippen LogP contribution in [0.4, 0.5) is 16.3 Å². The fraction of sp³-hybridized carbons (Fsp3) is 0.0588. The van der Waals surface area contributed by atoms with Crippen molar-refractivity contribution in [1.82, 2.24) is 24.3 Å². The molecule has 0 atom stereocenters. The number of nitrogens with one attached hydrogen (secondary N) is 1. The summed E-state index contributed by atoms with van der Waals surface area (Å²) in [5, 5.41) is 3.06. The lowest BCUT2D eigenvalue weighted by atomic mass is 10.2. The summed E-state index contributed by atoms with van der Waals surface area (Å²) in [6.07, 6.45) is 5.29. The average Bonchev–Trinajstić information content (AvgIpc) is 3.10. The maximum absolute atomic E-state index is 13.5. The molecule has 3 aromatic heterocycles. The van der Waals surface area contributed by atoms with Gasteiger partial charge in [0.05, 0.1) is 23.1 Å². The van der Waals surface area contributed by atoms with E-state index >= 15 is 0 Å². The lowest BCUT2D eigenvalue weighted by Crippen LogP contribution is -2.09. The van der Waals surface area contributed by atoms with Crippen LogP contribution in [0, 0.1) is 5.82 Å². The molecule has 0 aliphatic heterocycles. The summed E-state index contributed by atoms with van der Waals surface area (Å²) in [5.74, 6) is 0.295. The number of fused-ring (bicyclic) bond motifs is 1. The smallest absolute Gasteiger partial charge is 0.228 e. The van der Waals surface area contributed by atoms with Crippen molar-refractivity contribution >= 4 is 29.0 Å². The van der Waals surface area contributed by atoms with E-state index in [2.05, 4.69) is 25.3 Å². The van der Waals surface area contributed by atoms with Gasteiger partial charge >= 0.3 is 0 Å². The fourth-order valence-corrected chi connectivity index (χ4v) is 2.70. The van der Waals surface area contributed by atoms with Crippen molar-refractivity contribution in [2.24, 2.45) is 0 Å². The predicted molar refractivity (Wildman–Crippen MR) is 97.2 cm³/mol. The molecule has 0 aliphatic carbocycles. The Kier molecular flexibility index (Phi) is 4.10. The van der Waals surface area contributed by atoms with Gasteiger partial charge in [-0.15, -0.1) is 0 Å². The van der Waals surface area contributed by atoms with Gasteiger partial charge in [-0.3, -0.25) is 0 Å². The third-order valence-corrected chi connectivity index (χ3v) is 4.21. The number of hydrogen-bond donors (Lipinski definition) is 2. The molecule has 0 radical (unpaired) electrons. The first-order valence-corrected chi connectivity index (χ1v) is 8.08. The number of anilines is 2. The van der Waals surface area contributed by atoms with E-state index in [9.17, 15) is 4.39 Å². The van der Waals surface area contributed by atoms with Gasteiger partial charge in [-0.1, -0.05) is 23.7 Å². The van der Waals surface area contributed by atoms with Crippen LogP contribution in [0.15, 0.2) is 49.1 Å². The Balaban J connectivity index is 1.62. The van der Waals surface area contributed by atoms with Crippen LogP contribution in [0.5, 0.6) is 0 Å². The zero-order chi connectivity index (χ0) is 18.1. The van der Waals surface area contributed by atoms with Crippen LogP contribution >= 0.6 is 11.6 Å². The molecule has 4 aromatic rings. The summed E-state index contributed by atoms with van der Waals surface area (Å²) in [6.45, 7) is 0.250. The largest absolute Gasteiger partial charge is 0.368 e. The molecular formula is C17H13ClFN7. The number of nitrogen functional groups attached to an aromatic ring is 1. The molecule has 0 saturated carbocycles. The maximum Gasteiger partial charge on any atom is 0.228 e. The molecule has 9 heteroatoms. The Morgan fingerprint density at radius 3 is 2.92 bits per heavy atom. The average molecular weight is 370 g/mol. The van der Waals surface area contributed by atoms with Crippen LogP contribution in [0.25, 0.3) is 16.9 Å². The standard InChI is InChI=1S/C17H13ClFN7/c18-14-10(2-1-3-13(14)19)6-22-17-24-15(23-16(20)25-17)11-4-5-12-7-21-9-26(12)8-11/h1-5,7-9H,6H2,(H3,20,22,23,24,25). The highest BCUT2D eigenvalue weighted by Gasteiger charge is 2.10. The molecule has 7 nitrogen and oxygen atoms in total. The highest BCUT2D eigenvalue weighted by Crippen LogP contribution is 2.21. The molecule has 130 valence electrons. The van der Waals surface area contributed by atoms with E-state index in [1.54, 1.807) is 24.7 Å². The number of imidazole rings is 1. The number of hydrogen-bond acceptors (Lipinski definition) is 6. The van der Waals surface area contributed by atoms with Gasteiger partial charge in [0.2, 0.25) is 11.9 Å². The molecular weight excluding hydrogens is 357 g/mol. The second kappa shape index (κ2) is 6.57. The quantitative estimate of drug-likeness (QED) is 0.573. The van der Waals surface area contributed by atoms with Crippen molar-refractivity contribution in [3.05, 3.63) is 65.5 Å². The Bertz CT molecular complexity index is 1100. The van der Waals surface area contributed by atoms with Gasteiger partial charge in [-0.05, 0) is 23.8 Å². The maximum atomic E-state index is 13.5. The molecule has 0 aliphatic rings. The van der Waals surface area contributed by atoms with Crippen LogP contribution in [-0.4, -0.2) is 24.3 Å². The van der Waals surface area contributed by atoms with Crippen LogP contribution < -0.4 is 11.1 Å². The van der Waals surface area contributed by atoms with Crippen molar-refractivity contribution in [3.63, 3.8) is 0 Å². The number of halogens is 2. The van der Waals surface area contributed by atoms with Gasteiger partial charge in [0.1, 0.15) is 5.82 Å². The zero-order valence-electron chi connectivity index (χ0n) is 13.4. The number of aromatic nitrogens is 5. The van der Waals surface area contributed by atoms with Crippen molar-refractivity contribution in [2.45, 2.75) is 6.54 Å². The monoisotopic (exact) mass is 369 g/mol. The van der Waals surface area contributed by atoms with Crippen molar-refractivity contribution in [3.8, 4) is 11.4 Å². The first-order valence-electron chi connectivity index (χ1n) is 7.70. The summed E-state index contributed by atoms with van der Waals surface area (Å²) >= 11 is 5.96. The van der Waals surface area contributed by atoms with Crippen LogP contribution in [0.1, 0.15) is 5.56 Å². The molecule has 1 aromatic carbocycles. The summed E-state index contributed by atoms with van der Waals surface area (Å²) in [7, 11) is 0. The molecule has 3 heterocycles. The Hall–Kier alpha value is -3.26. The number of benzene rings is 1. The van der Waals surface area contributed by atoms with Gasteiger partial charge in [0, 0.05) is 18.3 Å². The first-order chi connectivity index (χ1) is 12.6. The Morgan fingerprint density at radius 1 is 1.15 bits per heavy atom. The van der Waals surface area contributed by atoms with Gasteiger partial charge in [-0.25, -0.2) is 9.37 Å².